The Balaban J connectivity index is 1.17. The van der Waals surface area contributed by atoms with E-state index >= 15 is 0 Å². The van der Waals surface area contributed by atoms with E-state index in [2.05, 4.69) is 130 Å². The Morgan fingerprint density at radius 2 is 0.877 bits per heavy atom. The number of nitrogens with zero attached hydrogens (tertiary/aromatic N) is 5. The van der Waals surface area contributed by atoms with Crippen LogP contribution in [0.2, 0.25) is 0 Å². The van der Waals surface area contributed by atoms with E-state index in [0.29, 0.717) is 17.5 Å². The highest BCUT2D eigenvalue weighted by molar-refractivity contribution is 6.29. The summed E-state index contributed by atoms with van der Waals surface area (Å²) in [6, 6.07) is 65.5. The minimum atomic E-state index is 0.611. The molecule has 0 aliphatic heterocycles. The van der Waals surface area contributed by atoms with E-state index in [-0.39, 0.29) is 0 Å². The lowest BCUT2D eigenvalue weighted by atomic mass is 10.0. The second-order valence-corrected chi connectivity index (χ2v) is 14.4. The second-order valence-electron chi connectivity index (χ2n) is 14.4. The molecule has 4 heterocycles. The van der Waals surface area contributed by atoms with Crippen molar-refractivity contribution in [2.45, 2.75) is 0 Å². The maximum Gasteiger partial charge on any atom is 0.164 e. The third-order valence-corrected chi connectivity index (χ3v) is 11.1. The summed E-state index contributed by atoms with van der Waals surface area (Å²) in [5.74, 6) is 1.87. The van der Waals surface area contributed by atoms with Crippen LogP contribution in [0.25, 0.3) is 111 Å². The van der Waals surface area contributed by atoms with Crippen molar-refractivity contribution in [2.24, 2.45) is 0 Å². The number of furan rings is 1. The Labute approximate surface area is 326 Å². The zero-order valence-corrected chi connectivity index (χ0v) is 30.5. The summed E-state index contributed by atoms with van der Waals surface area (Å²) in [6.07, 6.45) is 0. The Bertz CT molecular complexity index is 3450. The molecule has 12 aromatic rings. The molecule has 6 heteroatoms. The monoisotopic (exact) mass is 729 g/mol. The standard InChI is InChI=1S/C51H31N5O/c1-4-15-32(16-5-1)49-52-50(33-17-6-2-7-18-33)54-51(53-49)34-19-14-22-36(29-34)56-42-27-28-46-48(38-24-11-13-26-45(38)57-46)47(42)40-30-39-37-23-10-12-25-41(37)55(43(39)31-44(40)56)35-20-8-3-9-21-35/h1-31H. The van der Waals surface area contributed by atoms with Gasteiger partial charge in [-0.3, -0.25) is 0 Å². The van der Waals surface area contributed by atoms with Gasteiger partial charge in [-0.25, -0.2) is 15.0 Å². The van der Waals surface area contributed by atoms with E-state index in [0.717, 1.165) is 77.3 Å². The number of aromatic nitrogens is 5. The molecule has 266 valence electrons. The highest BCUT2D eigenvalue weighted by Crippen LogP contribution is 2.44. The highest BCUT2D eigenvalue weighted by Gasteiger charge is 2.22. The molecule has 0 N–H and O–H groups in total. The van der Waals surface area contributed by atoms with Crippen molar-refractivity contribution in [1.82, 2.24) is 24.1 Å². The summed E-state index contributed by atoms with van der Waals surface area (Å²) in [6.45, 7) is 0. The first-order valence-corrected chi connectivity index (χ1v) is 19.1. The van der Waals surface area contributed by atoms with Crippen LogP contribution in [-0.2, 0) is 0 Å². The molecule has 0 fully saturated rings. The van der Waals surface area contributed by atoms with Gasteiger partial charge in [0.25, 0.3) is 0 Å². The lowest BCUT2D eigenvalue weighted by molar-refractivity contribution is 0.669. The van der Waals surface area contributed by atoms with E-state index in [1.807, 2.05) is 66.7 Å². The van der Waals surface area contributed by atoms with Gasteiger partial charge in [-0.15, -0.1) is 0 Å². The molecule has 0 aliphatic carbocycles. The van der Waals surface area contributed by atoms with Gasteiger partial charge in [0.1, 0.15) is 11.2 Å². The SMILES string of the molecule is c1ccc(-c2nc(-c3ccccc3)nc(-c3cccc(-n4c5cc6c(cc5c5c7c(ccc54)oc4ccccc47)c4ccccc4n6-c4ccccc4)c3)n2)cc1. The molecule has 57 heavy (non-hydrogen) atoms. The van der Waals surface area contributed by atoms with Crippen molar-refractivity contribution in [1.29, 1.82) is 0 Å². The van der Waals surface area contributed by atoms with Crippen molar-refractivity contribution < 1.29 is 4.42 Å². The van der Waals surface area contributed by atoms with Gasteiger partial charge in [-0.1, -0.05) is 127 Å². The molecule has 0 aliphatic rings. The van der Waals surface area contributed by atoms with Gasteiger partial charge in [0, 0.05) is 60.4 Å². The van der Waals surface area contributed by atoms with Gasteiger partial charge in [0.15, 0.2) is 17.5 Å². The molecule has 0 spiro atoms. The quantitative estimate of drug-likeness (QED) is 0.177. The summed E-state index contributed by atoms with van der Waals surface area (Å²) in [5, 5.41) is 6.95. The van der Waals surface area contributed by atoms with Crippen molar-refractivity contribution in [3.63, 3.8) is 0 Å². The largest absolute Gasteiger partial charge is 0.456 e. The third kappa shape index (κ3) is 4.87. The average molecular weight is 730 g/mol. The van der Waals surface area contributed by atoms with Gasteiger partial charge in [-0.2, -0.15) is 0 Å². The molecule has 0 amide bonds. The lowest BCUT2D eigenvalue weighted by Gasteiger charge is -2.12. The first kappa shape index (κ1) is 31.5. The van der Waals surface area contributed by atoms with Crippen LogP contribution in [-0.4, -0.2) is 24.1 Å². The average Bonchev–Trinajstić information content (AvgIpc) is 3.93. The fourth-order valence-corrected chi connectivity index (χ4v) is 8.64. The Hall–Kier alpha value is -7.83. The maximum atomic E-state index is 6.48. The predicted octanol–water partition coefficient (Wildman–Crippen LogP) is 13.0. The van der Waals surface area contributed by atoms with E-state index in [1.54, 1.807) is 0 Å². The van der Waals surface area contributed by atoms with Crippen LogP contribution >= 0.6 is 0 Å². The minimum Gasteiger partial charge on any atom is -0.456 e. The fraction of sp³-hybridized carbons (Fsp3) is 0. The van der Waals surface area contributed by atoms with Crippen molar-refractivity contribution in [2.75, 3.05) is 0 Å². The summed E-state index contributed by atoms with van der Waals surface area (Å²) in [7, 11) is 0. The maximum absolute atomic E-state index is 6.48. The van der Waals surface area contributed by atoms with E-state index < -0.39 is 0 Å². The van der Waals surface area contributed by atoms with Crippen molar-refractivity contribution in [3.05, 3.63) is 188 Å². The fourth-order valence-electron chi connectivity index (χ4n) is 8.64. The zero-order valence-electron chi connectivity index (χ0n) is 30.5. The van der Waals surface area contributed by atoms with Crippen molar-refractivity contribution >= 4 is 65.6 Å². The minimum absolute atomic E-state index is 0.611. The first-order valence-electron chi connectivity index (χ1n) is 19.1. The second kappa shape index (κ2) is 12.3. The first-order chi connectivity index (χ1) is 28.3. The molecule has 0 atom stereocenters. The van der Waals surface area contributed by atoms with Crippen molar-refractivity contribution in [3.8, 4) is 45.5 Å². The lowest BCUT2D eigenvalue weighted by Crippen LogP contribution is -2.01. The van der Waals surface area contributed by atoms with Crippen LogP contribution in [0.3, 0.4) is 0 Å². The van der Waals surface area contributed by atoms with Crippen LogP contribution in [0, 0.1) is 0 Å². The van der Waals surface area contributed by atoms with Crippen LogP contribution in [0.4, 0.5) is 0 Å². The number of benzene rings is 8. The predicted molar refractivity (Wildman–Crippen MR) is 232 cm³/mol. The molecule has 6 nitrogen and oxygen atoms in total. The number of rotatable bonds is 5. The number of fused-ring (bicyclic) bond motifs is 10. The molecule has 0 unspecified atom stereocenters. The molecule has 0 saturated carbocycles. The summed E-state index contributed by atoms with van der Waals surface area (Å²) >= 11 is 0. The van der Waals surface area contributed by atoms with Gasteiger partial charge in [-0.05, 0) is 60.7 Å². The summed E-state index contributed by atoms with van der Waals surface area (Å²) in [5.41, 5.74) is 11.1. The van der Waals surface area contributed by atoms with Crippen LogP contribution < -0.4 is 0 Å². The zero-order chi connectivity index (χ0) is 37.5. The Morgan fingerprint density at radius 1 is 0.316 bits per heavy atom. The number of para-hydroxylation sites is 3. The number of hydrogen-bond acceptors (Lipinski definition) is 4. The van der Waals surface area contributed by atoms with Gasteiger partial charge >= 0.3 is 0 Å². The Morgan fingerprint density at radius 3 is 1.61 bits per heavy atom. The van der Waals surface area contributed by atoms with Crippen LogP contribution in [0.15, 0.2) is 192 Å². The topological polar surface area (TPSA) is 61.7 Å². The van der Waals surface area contributed by atoms with E-state index in [9.17, 15) is 0 Å². The van der Waals surface area contributed by atoms with E-state index in [1.165, 1.54) is 16.3 Å². The van der Waals surface area contributed by atoms with Gasteiger partial charge in [0.05, 0.1) is 22.1 Å². The van der Waals surface area contributed by atoms with Crippen LogP contribution in [0.5, 0.6) is 0 Å². The molecule has 0 saturated heterocycles. The normalized spacial score (nSPS) is 11.9. The molecule has 4 aromatic heterocycles. The summed E-state index contributed by atoms with van der Waals surface area (Å²) < 4.78 is 11.3. The molecule has 0 radical (unpaired) electrons. The Kier molecular flexibility index (Phi) is 6.83. The third-order valence-electron chi connectivity index (χ3n) is 11.1. The number of hydrogen-bond donors (Lipinski definition) is 0. The molecular formula is C51H31N5O. The smallest absolute Gasteiger partial charge is 0.164 e. The molecule has 8 aromatic carbocycles. The van der Waals surface area contributed by atoms with Crippen LogP contribution in [0.1, 0.15) is 0 Å². The summed E-state index contributed by atoms with van der Waals surface area (Å²) in [4.78, 5) is 15.1. The van der Waals surface area contributed by atoms with E-state index in [4.69, 9.17) is 19.4 Å². The highest BCUT2D eigenvalue weighted by atomic mass is 16.3. The van der Waals surface area contributed by atoms with Gasteiger partial charge in [0.2, 0.25) is 0 Å². The molecule has 0 bridgehead atoms. The molecular weight excluding hydrogens is 699 g/mol. The van der Waals surface area contributed by atoms with Gasteiger partial charge < -0.3 is 13.6 Å². The molecule has 12 rings (SSSR count).